The molecular weight excluding hydrogens is 152 g/mol. The zero-order chi connectivity index (χ0) is 9.40. The Kier molecular flexibility index (Phi) is 6.38. The first kappa shape index (κ1) is 11.2. The summed E-state index contributed by atoms with van der Waals surface area (Å²) in [7, 11) is 4.07. The van der Waals surface area contributed by atoms with Gasteiger partial charge < -0.3 is 10.2 Å². The van der Waals surface area contributed by atoms with E-state index in [1.54, 1.807) is 0 Å². The highest BCUT2D eigenvalue weighted by atomic mass is 16.1. The number of carbonyl (C=O) groups is 1. The molecule has 0 aliphatic carbocycles. The maximum absolute atomic E-state index is 9.91. The summed E-state index contributed by atoms with van der Waals surface area (Å²) < 4.78 is 0. The summed E-state index contributed by atoms with van der Waals surface area (Å²) in [6.45, 7) is 3.78. The smallest absolute Gasteiger partial charge is 0.207 e. The molecule has 12 heavy (non-hydrogen) atoms. The second-order valence-electron chi connectivity index (χ2n) is 3.13. The van der Waals surface area contributed by atoms with Gasteiger partial charge in [-0.2, -0.15) is 0 Å². The van der Waals surface area contributed by atoms with Gasteiger partial charge in [0, 0.05) is 13.1 Å². The van der Waals surface area contributed by atoms with E-state index in [4.69, 9.17) is 0 Å². The minimum atomic E-state index is 0.735. The second kappa shape index (κ2) is 6.85. The van der Waals surface area contributed by atoms with E-state index in [-0.39, 0.29) is 0 Å². The third-order valence-corrected chi connectivity index (χ3v) is 1.55. The van der Waals surface area contributed by atoms with Gasteiger partial charge in [0.1, 0.15) is 0 Å². The van der Waals surface area contributed by atoms with Crippen LogP contribution in [0.15, 0.2) is 11.6 Å². The topological polar surface area (TPSA) is 32.3 Å². The lowest BCUT2D eigenvalue weighted by molar-refractivity contribution is -0.109. The van der Waals surface area contributed by atoms with Crippen LogP contribution >= 0.6 is 0 Å². The number of hydrogen-bond donors (Lipinski definition) is 1. The number of rotatable bonds is 6. The van der Waals surface area contributed by atoms with E-state index in [1.165, 1.54) is 5.57 Å². The zero-order valence-electron chi connectivity index (χ0n) is 8.13. The molecule has 3 nitrogen and oxygen atoms in total. The molecule has 0 radical (unpaired) electrons. The molecule has 0 aromatic heterocycles. The van der Waals surface area contributed by atoms with Gasteiger partial charge in [-0.15, -0.1) is 0 Å². The zero-order valence-corrected chi connectivity index (χ0v) is 8.13. The number of carbonyl (C=O) groups excluding carboxylic acids is 1. The van der Waals surface area contributed by atoms with E-state index >= 15 is 0 Å². The number of likely N-dealkylation sites (N-methyl/N-ethyl adjacent to an activating group) is 1. The van der Waals surface area contributed by atoms with Gasteiger partial charge in [0.2, 0.25) is 6.41 Å². The van der Waals surface area contributed by atoms with Crippen LogP contribution in [-0.4, -0.2) is 38.5 Å². The van der Waals surface area contributed by atoms with Gasteiger partial charge >= 0.3 is 0 Å². The predicted molar refractivity (Wildman–Crippen MR) is 51.0 cm³/mol. The van der Waals surface area contributed by atoms with Crippen LogP contribution in [0.5, 0.6) is 0 Å². The summed E-state index contributed by atoms with van der Waals surface area (Å²) in [6.07, 6.45) is 3.85. The van der Waals surface area contributed by atoms with Crippen LogP contribution in [0.3, 0.4) is 0 Å². The third kappa shape index (κ3) is 7.28. The highest BCUT2D eigenvalue weighted by Gasteiger charge is 1.89. The Morgan fingerprint density at radius 1 is 1.50 bits per heavy atom. The van der Waals surface area contributed by atoms with Gasteiger partial charge in [-0.1, -0.05) is 11.6 Å². The van der Waals surface area contributed by atoms with Crippen molar-refractivity contribution in [3.05, 3.63) is 11.6 Å². The van der Waals surface area contributed by atoms with Crippen molar-refractivity contribution in [1.29, 1.82) is 0 Å². The molecule has 0 saturated heterocycles. The molecule has 0 heterocycles. The predicted octanol–water partition coefficient (Wildman–Crippen LogP) is 0.630. The molecule has 0 rings (SSSR count). The molecule has 0 bridgehead atoms. The fraction of sp³-hybridized carbons (Fsp3) is 0.667. The van der Waals surface area contributed by atoms with Crippen LogP contribution in [0, 0.1) is 0 Å². The number of nitrogens with zero attached hydrogens (tertiary/aromatic N) is 1. The van der Waals surface area contributed by atoms with Crippen molar-refractivity contribution < 1.29 is 4.79 Å². The van der Waals surface area contributed by atoms with Gasteiger partial charge in [-0.05, 0) is 27.4 Å². The van der Waals surface area contributed by atoms with Gasteiger partial charge in [0.05, 0.1) is 0 Å². The number of amides is 1. The average molecular weight is 170 g/mol. The van der Waals surface area contributed by atoms with E-state index in [2.05, 4.69) is 23.2 Å². The molecule has 0 aliphatic heterocycles. The highest BCUT2D eigenvalue weighted by molar-refractivity contribution is 5.45. The quantitative estimate of drug-likeness (QED) is 0.360. The third-order valence-electron chi connectivity index (χ3n) is 1.55. The van der Waals surface area contributed by atoms with Gasteiger partial charge in [0.15, 0.2) is 0 Å². The molecular formula is C9H18N2O. The van der Waals surface area contributed by atoms with E-state index in [0.717, 1.165) is 25.9 Å². The van der Waals surface area contributed by atoms with E-state index in [1.807, 2.05) is 14.1 Å². The summed E-state index contributed by atoms with van der Waals surface area (Å²) in [5, 5.41) is 2.63. The molecule has 1 N–H and O–H groups in total. The Balaban J connectivity index is 3.48. The lowest BCUT2D eigenvalue weighted by Gasteiger charge is -2.06. The van der Waals surface area contributed by atoms with E-state index in [9.17, 15) is 4.79 Å². The van der Waals surface area contributed by atoms with Crippen molar-refractivity contribution in [2.24, 2.45) is 0 Å². The van der Waals surface area contributed by atoms with Crippen molar-refractivity contribution in [2.45, 2.75) is 13.3 Å². The van der Waals surface area contributed by atoms with Gasteiger partial charge in [0.25, 0.3) is 0 Å². The highest BCUT2D eigenvalue weighted by Crippen LogP contribution is 1.97. The Labute approximate surface area is 74.4 Å². The molecule has 1 amide bonds. The average Bonchev–Trinajstić information content (AvgIpc) is 2.01. The Morgan fingerprint density at radius 2 is 2.17 bits per heavy atom. The molecule has 0 spiro atoms. The van der Waals surface area contributed by atoms with Crippen molar-refractivity contribution in [1.82, 2.24) is 10.2 Å². The molecule has 0 aromatic carbocycles. The summed E-state index contributed by atoms with van der Waals surface area (Å²) >= 11 is 0. The molecule has 0 atom stereocenters. The first-order chi connectivity index (χ1) is 5.66. The van der Waals surface area contributed by atoms with Crippen LogP contribution in [0.4, 0.5) is 0 Å². The van der Waals surface area contributed by atoms with Gasteiger partial charge in [-0.3, -0.25) is 4.79 Å². The summed E-state index contributed by atoms with van der Waals surface area (Å²) in [6, 6.07) is 0. The largest absolute Gasteiger partial charge is 0.358 e. The summed E-state index contributed by atoms with van der Waals surface area (Å²) in [4.78, 5) is 12.0. The summed E-state index contributed by atoms with van der Waals surface area (Å²) in [5.41, 5.74) is 1.32. The Hall–Kier alpha value is -0.830. The first-order valence-corrected chi connectivity index (χ1v) is 4.14. The minimum absolute atomic E-state index is 0.735. The van der Waals surface area contributed by atoms with E-state index in [0.29, 0.717) is 0 Å². The van der Waals surface area contributed by atoms with Crippen LogP contribution in [0.1, 0.15) is 13.3 Å². The SMILES string of the molecule is C/C(=C/CN(C)C)CCNC=O. The normalized spacial score (nSPS) is 11.8. The van der Waals surface area contributed by atoms with Crippen molar-refractivity contribution >= 4 is 6.41 Å². The maximum Gasteiger partial charge on any atom is 0.207 e. The minimum Gasteiger partial charge on any atom is -0.358 e. The fourth-order valence-corrected chi connectivity index (χ4v) is 0.769. The van der Waals surface area contributed by atoms with Crippen molar-refractivity contribution in [2.75, 3.05) is 27.2 Å². The van der Waals surface area contributed by atoms with Crippen LogP contribution in [0.2, 0.25) is 0 Å². The van der Waals surface area contributed by atoms with E-state index < -0.39 is 0 Å². The molecule has 0 fully saturated rings. The maximum atomic E-state index is 9.91. The lowest BCUT2D eigenvalue weighted by Crippen LogP contribution is -2.14. The molecule has 3 heteroatoms. The molecule has 0 saturated carbocycles. The molecule has 70 valence electrons. The standard InChI is InChI=1S/C9H18N2O/c1-9(4-6-10-8-12)5-7-11(2)3/h5,8H,4,6-7H2,1-3H3,(H,10,12)/b9-5-. The molecule has 0 aliphatic rings. The van der Waals surface area contributed by atoms with Gasteiger partial charge in [-0.25, -0.2) is 0 Å². The van der Waals surface area contributed by atoms with Crippen molar-refractivity contribution in [3.8, 4) is 0 Å². The first-order valence-electron chi connectivity index (χ1n) is 4.14. The molecule has 0 unspecified atom stereocenters. The fourth-order valence-electron chi connectivity index (χ4n) is 0.769. The number of nitrogens with one attached hydrogen (secondary N) is 1. The second-order valence-corrected chi connectivity index (χ2v) is 3.13. The Bertz CT molecular complexity index is 153. The van der Waals surface area contributed by atoms with Crippen LogP contribution in [0.25, 0.3) is 0 Å². The lowest BCUT2D eigenvalue weighted by atomic mass is 10.2. The Morgan fingerprint density at radius 3 is 2.67 bits per heavy atom. The number of hydrogen-bond acceptors (Lipinski definition) is 2. The van der Waals surface area contributed by atoms with Crippen LogP contribution in [-0.2, 0) is 4.79 Å². The monoisotopic (exact) mass is 170 g/mol. The molecule has 0 aromatic rings. The van der Waals surface area contributed by atoms with Crippen LogP contribution < -0.4 is 5.32 Å². The van der Waals surface area contributed by atoms with Crippen molar-refractivity contribution in [3.63, 3.8) is 0 Å². The summed E-state index contributed by atoms with van der Waals surface area (Å²) in [5.74, 6) is 0.